The van der Waals surface area contributed by atoms with E-state index in [1.807, 2.05) is 33.8 Å². The van der Waals surface area contributed by atoms with Gasteiger partial charge in [0.1, 0.15) is 16.5 Å². The predicted octanol–water partition coefficient (Wildman–Crippen LogP) is 5.66. The molecule has 154 valence electrons. The Labute approximate surface area is 174 Å². The summed E-state index contributed by atoms with van der Waals surface area (Å²) in [5.41, 5.74) is 2.85. The van der Waals surface area contributed by atoms with Crippen molar-refractivity contribution in [2.75, 3.05) is 5.32 Å². The van der Waals surface area contributed by atoms with Gasteiger partial charge in [-0.15, -0.1) is 0 Å². The Kier molecular flexibility index (Phi) is 7.03. The van der Waals surface area contributed by atoms with Gasteiger partial charge in [0.25, 0.3) is 0 Å². The molecule has 0 aliphatic carbocycles. The van der Waals surface area contributed by atoms with E-state index in [1.54, 1.807) is 26.0 Å². The van der Waals surface area contributed by atoms with Crippen molar-refractivity contribution in [2.45, 2.75) is 47.6 Å². The first-order chi connectivity index (χ1) is 13.7. The molecule has 0 radical (unpaired) electrons. The first-order valence-electron chi connectivity index (χ1n) is 9.40. The molecule has 0 aliphatic rings. The summed E-state index contributed by atoms with van der Waals surface area (Å²) in [6, 6.07) is 6.47. The summed E-state index contributed by atoms with van der Waals surface area (Å²) < 4.78 is 5.92. The minimum atomic E-state index is -1.18. The van der Waals surface area contributed by atoms with E-state index >= 15 is 0 Å². The third-order valence-electron chi connectivity index (χ3n) is 4.53. The molecule has 0 spiro atoms. The van der Waals surface area contributed by atoms with E-state index in [2.05, 4.69) is 10.3 Å². The average Bonchev–Trinajstić information content (AvgIpc) is 2.69. The summed E-state index contributed by atoms with van der Waals surface area (Å²) in [5.74, 6) is -0.622. The van der Waals surface area contributed by atoms with Gasteiger partial charge in [-0.25, -0.2) is 9.78 Å². The second-order valence-electron chi connectivity index (χ2n) is 6.54. The fourth-order valence-electron chi connectivity index (χ4n) is 3.02. The Hall–Kier alpha value is -2.86. The van der Waals surface area contributed by atoms with Crippen molar-refractivity contribution in [1.29, 1.82) is 0 Å². The topological polar surface area (TPSA) is 92.4 Å². The fourth-order valence-corrected chi connectivity index (χ4v) is 3.17. The maximum atomic E-state index is 12.6. The number of carbonyl (C=O) groups is 1. The first-order valence-corrected chi connectivity index (χ1v) is 9.77. The van der Waals surface area contributed by atoms with Gasteiger partial charge in [-0.1, -0.05) is 31.5 Å². The van der Waals surface area contributed by atoms with Crippen LogP contribution in [0.2, 0.25) is 5.15 Å². The average molecular weight is 417 g/mol. The molecule has 1 atom stereocenters. The number of fused-ring (bicyclic) bond motifs is 1. The number of carboxylic acids is 1. The van der Waals surface area contributed by atoms with E-state index in [-0.39, 0.29) is 22.3 Å². The minimum Gasteiger partial charge on any atom is -0.476 e. The second-order valence-corrected chi connectivity index (χ2v) is 6.93. The van der Waals surface area contributed by atoms with E-state index in [1.165, 1.54) is 6.07 Å². The zero-order valence-electron chi connectivity index (χ0n) is 17.4. The lowest BCUT2D eigenvalue weighted by Gasteiger charge is -2.19. The molecule has 1 unspecified atom stereocenters. The number of hydrogen-bond donors (Lipinski definition) is 2. The molecule has 6 nitrogen and oxygen atoms in total. The van der Waals surface area contributed by atoms with Gasteiger partial charge in [-0.2, -0.15) is 0 Å². The SMILES string of the molecule is CC.Cc1cc(C(C)Nc2ccc(Cl)nc2C(=O)O)c2oc(C)c(C)c(=O)c2c1. The molecular weight excluding hydrogens is 392 g/mol. The standard InChI is InChI=1S/C20H19ClN2O4.C2H6/c1-9-7-13(19-14(8-9)18(24)10(2)12(4)27-19)11(3)22-15-5-6-16(21)23-17(15)20(25)26;1-2/h5-8,11,22H,1-4H3,(H,25,26);1-2H3. The molecule has 0 saturated carbocycles. The summed E-state index contributed by atoms with van der Waals surface area (Å²) in [7, 11) is 0. The highest BCUT2D eigenvalue weighted by atomic mass is 35.5. The van der Waals surface area contributed by atoms with Crippen LogP contribution >= 0.6 is 11.6 Å². The van der Waals surface area contributed by atoms with Crippen LogP contribution in [0, 0.1) is 20.8 Å². The second kappa shape index (κ2) is 9.09. The molecule has 29 heavy (non-hydrogen) atoms. The lowest BCUT2D eigenvalue weighted by atomic mass is 10.00. The van der Waals surface area contributed by atoms with Crippen molar-refractivity contribution in [3.63, 3.8) is 0 Å². The van der Waals surface area contributed by atoms with Crippen molar-refractivity contribution in [1.82, 2.24) is 4.98 Å². The highest BCUT2D eigenvalue weighted by Gasteiger charge is 2.19. The van der Waals surface area contributed by atoms with E-state index in [9.17, 15) is 14.7 Å². The van der Waals surface area contributed by atoms with Crippen LogP contribution < -0.4 is 10.7 Å². The molecule has 0 saturated heterocycles. The lowest BCUT2D eigenvalue weighted by Crippen LogP contribution is -2.14. The van der Waals surface area contributed by atoms with Gasteiger partial charge >= 0.3 is 5.97 Å². The Bertz CT molecular complexity index is 1120. The van der Waals surface area contributed by atoms with Crippen molar-refractivity contribution in [2.24, 2.45) is 0 Å². The van der Waals surface area contributed by atoms with Crippen molar-refractivity contribution in [3.8, 4) is 0 Å². The van der Waals surface area contributed by atoms with E-state index in [0.29, 0.717) is 28.0 Å². The van der Waals surface area contributed by atoms with Gasteiger partial charge in [-0.05, 0) is 51.5 Å². The van der Waals surface area contributed by atoms with Gasteiger partial charge < -0.3 is 14.8 Å². The fraction of sp³-hybridized carbons (Fsp3) is 0.318. The largest absolute Gasteiger partial charge is 0.476 e. The van der Waals surface area contributed by atoms with Crippen molar-refractivity contribution >= 4 is 34.2 Å². The number of anilines is 1. The van der Waals surface area contributed by atoms with Gasteiger partial charge in [-0.3, -0.25) is 4.79 Å². The monoisotopic (exact) mass is 416 g/mol. The number of nitrogens with zero attached hydrogens (tertiary/aromatic N) is 1. The number of aryl methyl sites for hydroxylation is 2. The highest BCUT2D eigenvalue weighted by molar-refractivity contribution is 6.29. The maximum Gasteiger partial charge on any atom is 0.356 e. The number of pyridine rings is 1. The van der Waals surface area contributed by atoms with Crippen LogP contribution in [0.4, 0.5) is 5.69 Å². The quantitative estimate of drug-likeness (QED) is 0.532. The number of aromatic nitrogens is 1. The number of carboxylic acid groups (broad SMARTS) is 1. The number of rotatable bonds is 4. The number of nitrogens with one attached hydrogen (secondary N) is 1. The lowest BCUT2D eigenvalue weighted by molar-refractivity contribution is 0.0691. The number of benzene rings is 1. The zero-order valence-corrected chi connectivity index (χ0v) is 18.1. The van der Waals surface area contributed by atoms with Crippen LogP contribution in [0.15, 0.2) is 33.5 Å². The number of halogens is 1. The summed E-state index contributed by atoms with van der Waals surface area (Å²) in [4.78, 5) is 28.0. The molecule has 0 aliphatic heterocycles. The first kappa shape index (κ1) is 22.4. The van der Waals surface area contributed by atoms with Crippen molar-refractivity contribution in [3.05, 3.63) is 67.8 Å². The summed E-state index contributed by atoms with van der Waals surface area (Å²) in [5, 5.41) is 13.1. The van der Waals surface area contributed by atoms with Gasteiger partial charge in [0.05, 0.1) is 17.1 Å². The smallest absolute Gasteiger partial charge is 0.356 e. The van der Waals surface area contributed by atoms with Crippen LogP contribution in [-0.2, 0) is 0 Å². The van der Waals surface area contributed by atoms with Gasteiger partial charge in [0.2, 0.25) is 0 Å². The molecule has 2 heterocycles. The number of aromatic carboxylic acids is 1. The Morgan fingerprint density at radius 1 is 1.21 bits per heavy atom. The molecule has 0 bridgehead atoms. The van der Waals surface area contributed by atoms with Crippen LogP contribution in [0.1, 0.15) is 59.8 Å². The van der Waals surface area contributed by atoms with Gasteiger partial charge in [0, 0.05) is 11.1 Å². The molecule has 0 amide bonds. The van der Waals surface area contributed by atoms with Crippen LogP contribution in [0.25, 0.3) is 11.0 Å². The van der Waals surface area contributed by atoms with Crippen LogP contribution in [0.5, 0.6) is 0 Å². The Balaban J connectivity index is 0.00000145. The zero-order chi connectivity index (χ0) is 21.9. The Morgan fingerprint density at radius 3 is 2.48 bits per heavy atom. The third-order valence-corrected chi connectivity index (χ3v) is 4.74. The van der Waals surface area contributed by atoms with Crippen LogP contribution in [-0.4, -0.2) is 16.1 Å². The number of hydrogen-bond acceptors (Lipinski definition) is 5. The third kappa shape index (κ3) is 4.59. The maximum absolute atomic E-state index is 12.6. The van der Waals surface area contributed by atoms with Crippen molar-refractivity contribution < 1.29 is 14.3 Å². The van der Waals surface area contributed by atoms with Crippen LogP contribution in [0.3, 0.4) is 0 Å². The minimum absolute atomic E-state index is 0.0646. The van der Waals surface area contributed by atoms with E-state index < -0.39 is 5.97 Å². The molecule has 1 aromatic carbocycles. The van der Waals surface area contributed by atoms with E-state index in [4.69, 9.17) is 16.0 Å². The molecule has 3 rings (SSSR count). The predicted molar refractivity (Wildman–Crippen MR) is 116 cm³/mol. The summed E-state index contributed by atoms with van der Waals surface area (Å²) >= 11 is 5.81. The summed E-state index contributed by atoms with van der Waals surface area (Å²) in [6.45, 7) is 11.3. The molecular formula is C22H25ClN2O4. The summed E-state index contributed by atoms with van der Waals surface area (Å²) in [6.07, 6.45) is 0. The molecule has 3 aromatic rings. The molecule has 2 aromatic heterocycles. The van der Waals surface area contributed by atoms with E-state index in [0.717, 1.165) is 11.1 Å². The Morgan fingerprint density at radius 2 is 1.86 bits per heavy atom. The van der Waals surface area contributed by atoms with Gasteiger partial charge in [0.15, 0.2) is 11.1 Å². The molecule has 2 N–H and O–H groups in total. The molecule has 0 fully saturated rings. The normalized spacial score (nSPS) is 11.6. The highest BCUT2D eigenvalue weighted by Crippen LogP contribution is 2.29. The molecule has 7 heteroatoms.